The molecular formula is C25H19ClN2O4. The lowest BCUT2D eigenvalue weighted by molar-refractivity contribution is -0.132. The maximum Gasteiger partial charge on any atom is 0.300 e. The average Bonchev–Trinajstić information content (AvgIpc) is 3.05. The summed E-state index contributed by atoms with van der Waals surface area (Å²) in [6.45, 7) is 1.40. The fourth-order valence-electron chi connectivity index (χ4n) is 3.72. The van der Waals surface area contributed by atoms with Crippen molar-refractivity contribution in [2.75, 3.05) is 10.2 Å². The first kappa shape index (κ1) is 21.3. The molecule has 6 nitrogen and oxygen atoms in total. The first-order valence-corrected chi connectivity index (χ1v) is 10.2. The van der Waals surface area contributed by atoms with Crippen molar-refractivity contribution in [1.82, 2.24) is 0 Å². The van der Waals surface area contributed by atoms with Gasteiger partial charge in [-0.25, -0.2) is 0 Å². The van der Waals surface area contributed by atoms with E-state index in [9.17, 15) is 19.5 Å². The molecule has 7 heteroatoms. The predicted octanol–water partition coefficient (Wildman–Crippen LogP) is 4.92. The van der Waals surface area contributed by atoms with E-state index < -0.39 is 17.7 Å². The summed E-state index contributed by atoms with van der Waals surface area (Å²) < 4.78 is 0. The molecule has 0 aromatic heterocycles. The second-order valence-corrected chi connectivity index (χ2v) is 7.75. The summed E-state index contributed by atoms with van der Waals surface area (Å²) in [7, 11) is 0. The number of aliphatic hydroxyl groups excluding tert-OH is 1. The second kappa shape index (κ2) is 8.69. The van der Waals surface area contributed by atoms with Gasteiger partial charge in [-0.1, -0.05) is 54.1 Å². The number of aliphatic hydroxyl groups is 1. The van der Waals surface area contributed by atoms with Gasteiger partial charge in [0.1, 0.15) is 5.76 Å². The Labute approximate surface area is 189 Å². The van der Waals surface area contributed by atoms with Crippen LogP contribution in [0.25, 0.3) is 5.76 Å². The molecule has 1 atom stereocenters. The maximum absolute atomic E-state index is 13.1. The van der Waals surface area contributed by atoms with E-state index in [1.807, 2.05) is 0 Å². The van der Waals surface area contributed by atoms with Crippen molar-refractivity contribution in [2.45, 2.75) is 13.0 Å². The van der Waals surface area contributed by atoms with Crippen LogP contribution in [0.3, 0.4) is 0 Å². The van der Waals surface area contributed by atoms with Crippen molar-refractivity contribution in [2.24, 2.45) is 0 Å². The van der Waals surface area contributed by atoms with Gasteiger partial charge in [-0.15, -0.1) is 0 Å². The SMILES string of the molecule is CC(=O)Nc1ccc(N2C(=O)C(=O)/C(=C(/O)c3ccccc3)[C@H]2c2ccc(Cl)cc2)cc1. The number of anilines is 2. The number of halogens is 1. The van der Waals surface area contributed by atoms with Crippen molar-refractivity contribution in [3.05, 3.63) is 101 Å². The number of benzene rings is 3. The third-order valence-electron chi connectivity index (χ3n) is 5.14. The summed E-state index contributed by atoms with van der Waals surface area (Å²) in [5.41, 5.74) is 2.07. The van der Waals surface area contributed by atoms with Crippen LogP contribution in [0.2, 0.25) is 5.02 Å². The molecule has 1 aliphatic heterocycles. The molecule has 32 heavy (non-hydrogen) atoms. The summed E-state index contributed by atoms with van der Waals surface area (Å²) >= 11 is 6.04. The minimum Gasteiger partial charge on any atom is -0.507 e. The van der Waals surface area contributed by atoms with E-state index >= 15 is 0 Å². The van der Waals surface area contributed by atoms with Gasteiger partial charge in [0.15, 0.2) is 0 Å². The van der Waals surface area contributed by atoms with Crippen molar-refractivity contribution in [3.63, 3.8) is 0 Å². The van der Waals surface area contributed by atoms with E-state index in [4.69, 9.17) is 11.6 Å². The minimum atomic E-state index is -0.848. The molecular weight excluding hydrogens is 428 g/mol. The zero-order chi connectivity index (χ0) is 22.8. The molecule has 1 fully saturated rings. The topological polar surface area (TPSA) is 86.7 Å². The third kappa shape index (κ3) is 4.00. The second-order valence-electron chi connectivity index (χ2n) is 7.31. The number of Topliss-reactive ketones (excluding diaryl/α,β-unsaturated/α-hetero) is 1. The van der Waals surface area contributed by atoms with Crippen LogP contribution in [-0.4, -0.2) is 22.7 Å². The number of hydrogen-bond acceptors (Lipinski definition) is 4. The van der Waals surface area contributed by atoms with Gasteiger partial charge in [-0.05, 0) is 42.0 Å². The Morgan fingerprint density at radius 2 is 1.56 bits per heavy atom. The Balaban J connectivity index is 1.87. The van der Waals surface area contributed by atoms with Gasteiger partial charge in [-0.3, -0.25) is 19.3 Å². The van der Waals surface area contributed by atoms with E-state index in [0.29, 0.717) is 27.5 Å². The van der Waals surface area contributed by atoms with Gasteiger partial charge in [0.25, 0.3) is 11.7 Å². The van der Waals surface area contributed by atoms with Crippen LogP contribution >= 0.6 is 11.6 Å². The fraction of sp³-hybridized carbons (Fsp3) is 0.0800. The number of rotatable bonds is 4. The zero-order valence-electron chi connectivity index (χ0n) is 17.1. The number of nitrogens with zero attached hydrogens (tertiary/aromatic N) is 1. The van der Waals surface area contributed by atoms with Gasteiger partial charge in [0, 0.05) is 28.9 Å². The monoisotopic (exact) mass is 446 g/mol. The van der Waals surface area contributed by atoms with Crippen LogP contribution < -0.4 is 10.2 Å². The minimum absolute atomic E-state index is 0.00513. The molecule has 160 valence electrons. The summed E-state index contributed by atoms with van der Waals surface area (Å²) in [5, 5.41) is 14.2. The highest BCUT2D eigenvalue weighted by molar-refractivity contribution is 6.51. The van der Waals surface area contributed by atoms with Crippen LogP contribution in [0.15, 0.2) is 84.4 Å². The van der Waals surface area contributed by atoms with Gasteiger partial charge in [0.2, 0.25) is 5.91 Å². The largest absolute Gasteiger partial charge is 0.507 e. The highest BCUT2D eigenvalue weighted by Gasteiger charge is 2.46. The highest BCUT2D eigenvalue weighted by atomic mass is 35.5. The van der Waals surface area contributed by atoms with Crippen LogP contribution in [0, 0.1) is 0 Å². The normalized spacial score (nSPS) is 17.4. The molecule has 0 spiro atoms. The Morgan fingerprint density at radius 1 is 0.938 bits per heavy atom. The summed E-state index contributed by atoms with van der Waals surface area (Å²) in [4.78, 5) is 38.8. The molecule has 2 N–H and O–H groups in total. The highest BCUT2D eigenvalue weighted by Crippen LogP contribution is 2.42. The molecule has 0 radical (unpaired) electrons. The van der Waals surface area contributed by atoms with E-state index in [2.05, 4.69) is 5.32 Å². The number of nitrogens with one attached hydrogen (secondary N) is 1. The molecule has 0 aliphatic carbocycles. The summed E-state index contributed by atoms with van der Waals surface area (Å²) in [6.07, 6.45) is 0. The van der Waals surface area contributed by atoms with E-state index in [1.165, 1.54) is 11.8 Å². The molecule has 4 rings (SSSR count). The number of amides is 2. The molecule has 0 saturated carbocycles. The molecule has 3 aromatic carbocycles. The Kier molecular flexibility index (Phi) is 5.79. The van der Waals surface area contributed by atoms with Crippen molar-refractivity contribution < 1.29 is 19.5 Å². The quantitative estimate of drug-likeness (QED) is 0.338. The summed E-state index contributed by atoms with van der Waals surface area (Å²) in [5.74, 6) is -2.00. The summed E-state index contributed by atoms with van der Waals surface area (Å²) in [6, 6.07) is 21.1. The molecule has 1 heterocycles. The average molecular weight is 447 g/mol. The van der Waals surface area contributed by atoms with Crippen LogP contribution in [0.5, 0.6) is 0 Å². The van der Waals surface area contributed by atoms with E-state index in [1.54, 1.807) is 78.9 Å². The lowest BCUT2D eigenvalue weighted by atomic mass is 9.95. The van der Waals surface area contributed by atoms with Crippen molar-refractivity contribution in [1.29, 1.82) is 0 Å². The van der Waals surface area contributed by atoms with Gasteiger partial charge in [0.05, 0.1) is 11.6 Å². The molecule has 1 saturated heterocycles. The maximum atomic E-state index is 13.1. The Bertz CT molecular complexity index is 1220. The fourth-order valence-corrected chi connectivity index (χ4v) is 3.85. The molecule has 1 aliphatic rings. The third-order valence-corrected chi connectivity index (χ3v) is 5.40. The Morgan fingerprint density at radius 3 is 2.16 bits per heavy atom. The molecule has 3 aromatic rings. The van der Waals surface area contributed by atoms with Gasteiger partial charge in [-0.2, -0.15) is 0 Å². The zero-order valence-corrected chi connectivity index (χ0v) is 17.8. The van der Waals surface area contributed by atoms with Gasteiger partial charge >= 0.3 is 0 Å². The van der Waals surface area contributed by atoms with Crippen molar-refractivity contribution >= 4 is 46.3 Å². The number of hydrogen-bond donors (Lipinski definition) is 2. The lowest BCUT2D eigenvalue weighted by Gasteiger charge is -2.25. The lowest BCUT2D eigenvalue weighted by Crippen LogP contribution is -2.29. The number of ketones is 1. The van der Waals surface area contributed by atoms with E-state index in [0.717, 1.165) is 0 Å². The first-order chi connectivity index (χ1) is 15.4. The molecule has 2 amide bonds. The Hall–Kier alpha value is -3.90. The van der Waals surface area contributed by atoms with Crippen LogP contribution in [0.1, 0.15) is 24.1 Å². The van der Waals surface area contributed by atoms with E-state index in [-0.39, 0.29) is 17.2 Å². The number of carbonyl (C=O) groups is 3. The smallest absolute Gasteiger partial charge is 0.300 e. The van der Waals surface area contributed by atoms with Gasteiger partial charge < -0.3 is 10.4 Å². The predicted molar refractivity (Wildman–Crippen MR) is 123 cm³/mol. The number of carbonyl (C=O) groups excluding carboxylic acids is 3. The molecule has 0 bridgehead atoms. The standard InChI is InChI=1S/C25H19ClN2O4/c1-15(29)27-19-11-13-20(14-12-19)28-22(16-7-9-18(26)10-8-16)21(24(31)25(28)32)23(30)17-5-3-2-4-6-17/h2-14,22,30H,1H3,(H,27,29)/b23-21+/t22-/m1/s1. The van der Waals surface area contributed by atoms with Crippen LogP contribution in [-0.2, 0) is 14.4 Å². The van der Waals surface area contributed by atoms with Crippen molar-refractivity contribution in [3.8, 4) is 0 Å². The first-order valence-electron chi connectivity index (χ1n) is 9.86. The molecule has 0 unspecified atom stereocenters. The van der Waals surface area contributed by atoms with Crippen LogP contribution in [0.4, 0.5) is 11.4 Å².